The van der Waals surface area contributed by atoms with Crippen molar-refractivity contribution in [1.82, 2.24) is 5.32 Å². The van der Waals surface area contributed by atoms with Crippen LogP contribution in [0.1, 0.15) is 44.2 Å². The third-order valence-electron chi connectivity index (χ3n) is 4.01. The summed E-state index contributed by atoms with van der Waals surface area (Å²) < 4.78 is 11.6. The Morgan fingerprint density at radius 3 is 2.79 bits per heavy atom. The summed E-state index contributed by atoms with van der Waals surface area (Å²) in [4.78, 5) is 0. The molecule has 3 heteroatoms. The van der Waals surface area contributed by atoms with Gasteiger partial charge in [-0.25, -0.2) is 0 Å². The van der Waals surface area contributed by atoms with E-state index >= 15 is 0 Å². The third-order valence-corrected chi connectivity index (χ3v) is 4.01. The van der Waals surface area contributed by atoms with Crippen molar-refractivity contribution >= 4 is 0 Å². The average molecular weight is 263 g/mol. The van der Waals surface area contributed by atoms with Gasteiger partial charge in [0.15, 0.2) is 0 Å². The number of rotatable bonds is 5. The monoisotopic (exact) mass is 263 g/mol. The van der Waals surface area contributed by atoms with Crippen LogP contribution in [0.15, 0.2) is 24.3 Å². The zero-order valence-corrected chi connectivity index (χ0v) is 12.2. The predicted octanol–water partition coefficient (Wildman–Crippen LogP) is 3.30. The van der Waals surface area contributed by atoms with Gasteiger partial charge in [-0.05, 0) is 50.9 Å². The first-order chi connectivity index (χ1) is 9.22. The molecule has 106 valence electrons. The normalized spacial score (nSPS) is 25.0. The number of hydrogen-bond acceptors (Lipinski definition) is 3. The minimum absolute atomic E-state index is 0.291. The lowest BCUT2D eigenvalue weighted by molar-refractivity contribution is 0.0209. The van der Waals surface area contributed by atoms with Crippen LogP contribution < -0.4 is 10.1 Å². The minimum Gasteiger partial charge on any atom is -0.490 e. The molecule has 3 unspecified atom stereocenters. The highest BCUT2D eigenvalue weighted by Gasteiger charge is 2.23. The van der Waals surface area contributed by atoms with Crippen LogP contribution in [0.4, 0.5) is 0 Å². The molecule has 1 aliphatic rings. The van der Waals surface area contributed by atoms with Crippen LogP contribution in [0, 0.1) is 0 Å². The zero-order valence-electron chi connectivity index (χ0n) is 12.2. The maximum absolute atomic E-state index is 6.11. The SMILES string of the molecule is CNC(C)c1cccc(OC2CCCC(OC)C2)c1. The largest absolute Gasteiger partial charge is 0.490 e. The van der Waals surface area contributed by atoms with Gasteiger partial charge in [0.2, 0.25) is 0 Å². The van der Waals surface area contributed by atoms with Gasteiger partial charge in [0.05, 0.1) is 6.10 Å². The highest BCUT2D eigenvalue weighted by molar-refractivity contribution is 5.30. The fourth-order valence-electron chi connectivity index (χ4n) is 2.64. The summed E-state index contributed by atoms with van der Waals surface area (Å²) in [6.45, 7) is 2.15. The average Bonchev–Trinajstić information content (AvgIpc) is 2.47. The highest BCUT2D eigenvalue weighted by atomic mass is 16.5. The third kappa shape index (κ3) is 3.95. The molecule has 19 heavy (non-hydrogen) atoms. The van der Waals surface area contributed by atoms with Crippen LogP contribution in [0.3, 0.4) is 0 Å². The Morgan fingerprint density at radius 2 is 2.05 bits per heavy atom. The molecule has 1 aromatic carbocycles. The van der Waals surface area contributed by atoms with E-state index in [2.05, 4.69) is 30.4 Å². The summed E-state index contributed by atoms with van der Waals surface area (Å²) in [5.41, 5.74) is 1.26. The molecule has 0 radical (unpaired) electrons. The van der Waals surface area contributed by atoms with Crippen molar-refractivity contribution in [2.24, 2.45) is 0 Å². The number of ether oxygens (including phenoxy) is 2. The van der Waals surface area contributed by atoms with E-state index in [4.69, 9.17) is 9.47 Å². The number of methoxy groups -OCH3 is 1. The molecule has 0 aliphatic heterocycles. The minimum atomic E-state index is 0.291. The van der Waals surface area contributed by atoms with Crippen molar-refractivity contribution in [1.29, 1.82) is 0 Å². The van der Waals surface area contributed by atoms with Gasteiger partial charge >= 0.3 is 0 Å². The highest BCUT2D eigenvalue weighted by Crippen LogP contribution is 2.26. The van der Waals surface area contributed by atoms with Gasteiger partial charge in [-0.1, -0.05) is 12.1 Å². The Labute approximate surface area is 116 Å². The molecule has 0 heterocycles. The molecular weight excluding hydrogens is 238 g/mol. The molecule has 1 saturated carbocycles. The van der Waals surface area contributed by atoms with Crippen molar-refractivity contribution in [3.63, 3.8) is 0 Å². The first-order valence-electron chi connectivity index (χ1n) is 7.19. The van der Waals surface area contributed by atoms with Gasteiger partial charge in [-0.2, -0.15) is 0 Å². The summed E-state index contributed by atoms with van der Waals surface area (Å²) in [7, 11) is 3.77. The van der Waals surface area contributed by atoms with Crippen molar-refractivity contribution in [3.05, 3.63) is 29.8 Å². The summed E-state index contributed by atoms with van der Waals surface area (Å²) in [5, 5.41) is 3.25. The topological polar surface area (TPSA) is 30.5 Å². The summed E-state index contributed by atoms with van der Waals surface area (Å²) in [6.07, 6.45) is 5.13. The number of hydrogen-bond donors (Lipinski definition) is 1. The first kappa shape index (κ1) is 14.4. The fraction of sp³-hybridized carbons (Fsp3) is 0.625. The van der Waals surface area contributed by atoms with Gasteiger partial charge < -0.3 is 14.8 Å². The summed E-state index contributed by atoms with van der Waals surface area (Å²) >= 11 is 0. The maximum Gasteiger partial charge on any atom is 0.120 e. The summed E-state index contributed by atoms with van der Waals surface area (Å²) in [5.74, 6) is 0.973. The van der Waals surface area contributed by atoms with E-state index in [1.54, 1.807) is 7.11 Å². The van der Waals surface area contributed by atoms with Crippen LogP contribution in [0.2, 0.25) is 0 Å². The van der Waals surface area contributed by atoms with Crippen LogP contribution in [0.25, 0.3) is 0 Å². The Balaban J connectivity index is 1.98. The molecule has 0 amide bonds. The molecule has 1 N–H and O–H groups in total. The van der Waals surface area contributed by atoms with Crippen molar-refractivity contribution in [3.8, 4) is 5.75 Å². The molecule has 1 aliphatic carbocycles. The molecular formula is C16H25NO2. The maximum atomic E-state index is 6.11. The second-order valence-corrected chi connectivity index (χ2v) is 5.35. The molecule has 2 rings (SSSR count). The van der Waals surface area contributed by atoms with Gasteiger partial charge in [0, 0.05) is 19.6 Å². The van der Waals surface area contributed by atoms with E-state index in [-0.39, 0.29) is 0 Å². The quantitative estimate of drug-likeness (QED) is 0.884. The predicted molar refractivity (Wildman–Crippen MR) is 77.6 cm³/mol. The Kier molecular flexibility index (Phi) is 5.23. The molecule has 3 atom stereocenters. The van der Waals surface area contributed by atoms with Crippen molar-refractivity contribution < 1.29 is 9.47 Å². The smallest absolute Gasteiger partial charge is 0.120 e. The molecule has 0 spiro atoms. The van der Waals surface area contributed by atoms with Gasteiger partial charge in [-0.3, -0.25) is 0 Å². The van der Waals surface area contributed by atoms with E-state index < -0.39 is 0 Å². The Bertz CT molecular complexity index is 394. The Morgan fingerprint density at radius 1 is 1.26 bits per heavy atom. The van der Waals surface area contributed by atoms with E-state index in [1.165, 1.54) is 12.0 Å². The van der Waals surface area contributed by atoms with Gasteiger partial charge in [0.25, 0.3) is 0 Å². The molecule has 1 fully saturated rings. The molecule has 0 saturated heterocycles. The number of nitrogens with one attached hydrogen (secondary N) is 1. The lowest BCUT2D eigenvalue weighted by Crippen LogP contribution is -2.29. The van der Waals surface area contributed by atoms with Gasteiger partial charge in [0.1, 0.15) is 11.9 Å². The van der Waals surface area contributed by atoms with E-state index in [1.807, 2.05) is 13.1 Å². The van der Waals surface area contributed by atoms with Crippen LogP contribution in [-0.2, 0) is 4.74 Å². The van der Waals surface area contributed by atoms with E-state index in [9.17, 15) is 0 Å². The van der Waals surface area contributed by atoms with E-state index in [0.717, 1.165) is 25.0 Å². The lowest BCUT2D eigenvalue weighted by Gasteiger charge is -2.29. The standard InChI is InChI=1S/C16H25NO2/c1-12(17-2)13-6-4-8-15(10-13)19-16-9-5-7-14(11-16)18-3/h4,6,8,10,12,14,16-17H,5,7,9,11H2,1-3H3. The lowest BCUT2D eigenvalue weighted by atomic mass is 9.95. The molecule has 1 aromatic rings. The van der Waals surface area contributed by atoms with Crippen LogP contribution >= 0.6 is 0 Å². The van der Waals surface area contributed by atoms with Crippen LogP contribution in [0.5, 0.6) is 5.75 Å². The molecule has 0 aromatic heterocycles. The molecule has 0 bridgehead atoms. The number of benzene rings is 1. The van der Waals surface area contributed by atoms with Crippen molar-refractivity contribution in [2.45, 2.75) is 50.9 Å². The second-order valence-electron chi connectivity index (χ2n) is 5.35. The first-order valence-corrected chi connectivity index (χ1v) is 7.19. The second kappa shape index (κ2) is 6.92. The van der Waals surface area contributed by atoms with Crippen LogP contribution in [-0.4, -0.2) is 26.4 Å². The Hall–Kier alpha value is -1.06. The van der Waals surface area contributed by atoms with Gasteiger partial charge in [-0.15, -0.1) is 0 Å². The summed E-state index contributed by atoms with van der Waals surface area (Å²) in [6, 6.07) is 8.73. The van der Waals surface area contributed by atoms with Crippen molar-refractivity contribution in [2.75, 3.05) is 14.2 Å². The molecule has 3 nitrogen and oxygen atoms in total. The van der Waals surface area contributed by atoms with E-state index in [0.29, 0.717) is 18.2 Å². The fourth-order valence-corrected chi connectivity index (χ4v) is 2.64. The zero-order chi connectivity index (χ0) is 13.7.